The third-order valence-electron chi connectivity index (χ3n) is 2.98. The molecule has 0 atom stereocenters. The zero-order valence-electron chi connectivity index (χ0n) is 11.7. The molecule has 0 aliphatic carbocycles. The lowest BCUT2D eigenvalue weighted by molar-refractivity contribution is -0.122. The first kappa shape index (κ1) is 15.3. The van der Waals surface area contributed by atoms with Crippen molar-refractivity contribution in [2.45, 2.75) is 6.92 Å². The Morgan fingerprint density at radius 3 is 2.95 bits per heavy atom. The van der Waals surface area contributed by atoms with Gasteiger partial charge < -0.3 is 0 Å². The van der Waals surface area contributed by atoms with Crippen LogP contribution in [0.2, 0.25) is 5.15 Å². The minimum Gasteiger partial charge on any atom is -0.287 e. The summed E-state index contributed by atoms with van der Waals surface area (Å²) in [5.74, 6) is -0.0281. The summed E-state index contributed by atoms with van der Waals surface area (Å²) in [6.07, 6.45) is 3.51. The SMILES string of the molecule is CCN1C(=O)/C(=C\c2cccs2)SC1=Nc1cccnc1Cl. The minimum atomic E-state index is -0.0281. The lowest BCUT2D eigenvalue weighted by atomic mass is 10.4. The average molecular weight is 350 g/mol. The minimum absolute atomic E-state index is 0.0281. The van der Waals surface area contributed by atoms with Crippen molar-refractivity contribution in [1.29, 1.82) is 0 Å². The van der Waals surface area contributed by atoms with Crippen LogP contribution in [-0.2, 0) is 4.79 Å². The fourth-order valence-electron chi connectivity index (χ4n) is 1.94. The quantitative estimate of drug-likeness (QED) is 0.608. The Morgan fingerprint density at radius 1 is 1.41 bits per heavy atom. The molecule has 1 aliphatic rings. The van der Waals surface area contributed by atoms with Crippen LogP contribution in [0.5, 0.6) is 0 Å². The van der Waals surface area contributed by atoms with Crippen molar-refractivity contribution in [3.8, 4) is 0 Å². The molecule has 2 aromatic heterocycles. The molecule has 112 valence electrons. The highest BCUT2D eigenvalue weighted by molar-refractivity contribution is 8.18. The van der Waals surface area contributed by atoms with Gasteiger partial charge in [0, 0.05) is 17.6 Å². The van der Waals surface area contributed by atoms with Crippen molar-refractivity contribution in [3.05, 3.63) is 50.8 Å². The molecule has 0 spiro atoms. The number of hydrogen-bond donors (Lipinski definition) is 0. The van der Waals surface area contributed by atoms with E-state index in [1.54, 1.807) is 34.6 Å². The van der Waals surface area contributed by atoms with Crippen LogP contribution in [0, 0.1) is 0 Å². The van der Waals surface area contributed by atoms with Crippen LogP contribution in [0.3, 0.4) is 0 Å². The monoisotopic (exact) mass is 349 g/mol. The number of carbonyl (C=O) groups is 1. The van der Waals surface area contributed by atoms with Gasteiger partial charge in [-0.25, -0.2) is 9.98 Å². The summed E-state index contributed by atoms with van der Waals surface area (Å²) in [5, 5.41) is 2.94. The average Bonchev–Trinajstić information content (AvgIpc) is 3.11. The molecule has 0 saturated carbocycles. The molecule has 1 fully saturated rings. The molecule has 1 aliphatic heterocycles. The van der Waals surface area contributed by atoms with Crippen molar-refractivity contribution in [1.82, 2.24) is 9.88 Å². The third kappa shape index (κ3) is 3.09. The Labute approximate surface area is 141 Å². The van der Waals surface area contributed by atoms with Crippen molar-refractivity contribution in [3.63, 3.8) is 0 Å². The van der Waals surface area contributed by atoms with E-state index in [0.29, 0.717) is 27.5 Å². The van der Waals surface area contributed by atoms with E-state index in [2.05, 4.69) is 9.98 Å². The highest BCUT2D eigenvalue weighted by Gasteiger charge is 2.32. The molecule has 1 amide bonds. The highest BCUT2D eigenvalue weighted by Crippen LogP contribution is 2.35. The van der Waals surface area contributed by atoms with Gasteiger partial charge in [-0.05, 0) is 48.3 Å². The first-order valence-corrected chi connectivity index (χ1v) is 8.70. The molecule has 2 aromatic rings. The van der Waals surface area contributed by atoms with Gasteiger partial charge in [-0.1, -0.05) is 17.7 Å². The number of amidine groups is 1. The van der Waals surface area contributed by atoms with E-state index in [4.69, 9.17) is 11.6 Å². The van der Waals surface area contributed by atoms with E-state index in [-0.39, 0.29) is 5.91 Å². The fourth-order valence-corrected chi connectivity index (χ4v) is 3.88. The predicted octanol–water partition coefficient (Wildman–Crippen LogP) is 4.42. The second-order valence-corrected chi connectivity index (χ2v) is 6.73. The Balaban J connectivity index is 1.95. The number of thioether (sulfide) groups is 1. The molecule has 3 rings (SSSR count). The maximum absolute atomic E-state index is 12.5. The zero-order valence-corrected chi connectivity index (χ0v) is 14.1. The van der Waals surface area contributed by atoms with Crippen molar-refractivity contribution < 1.29 is 4.79 Å². The van der Waals surface area contributed by atoms with E-state index < -0.39 is 0 Å². The van der Waals surface area contributed by atoms with Gasteiger partial charge in [0.05, 0.1) is 4.91 Å². The van der Waals surface area contributed by atoms with Gasteiger partial charge in [0.15, 0.2) is 10.3 Å². The molecular formula is C15H12ClN3OS2. The molecule has 3 heterocycles. The van der Waals surface area contributed by atoms with Crippen molar-refractivity contribution in [2.24, 2.45) is 4.99 Å². The standard InChI is InChI=1S/C15H12ClN3OS2/c1-2-19-14(20)12(9-10-5-4-8-21-10)22-15(19)18-11-6-3-7-17-13(11)16/h3-9H,2H2,1H3/b12-9+,18-15?. The topological polar surface area (TPSA) is 45.6 Å². The number of aliphatic imine (C=N–C) groups is 1. The lowest BCUT2D eigenvalue weighted by Gasteiger charge is -2.12. The van der Waals surface area contributed by atoms with Gasteiger partial charge in [0.25, 0.3) is 5.91 Å². The summed E-state index contributed by atoms with van der Waals surface area (Å²) < 4.78 is 0. The van der Waals surface area contributed by atoms with Crippen LogP contribution in [-0.4, -0.2) is 27.5 Å². The molecule has 22 heavy (non-hydrogen) atoms. The largest absolute Gasteiger partial charge is 0.287 e. The number of hydrogen-bond acceptors (Lipinski definition) is 5. The number of halogens is 1. The molecule has 0 unspecified atom stereocenters. The van der Waals surface area contributed by atoms with Gasteiger partial charge in [-0.3, -0.25) is 9.69 Å². The predicted molar refractivity (Wildman–Crippen MR) is 93.6 cm³/mol. The van der Waals surface area contributed by atoms with Crippen molar-refractivity contribution in [2.75, 3.05) is 6.54 Å². The molecule has 0 aromatic carbocycles. The van der Waals surface area contributed by atoms with E-state index in [1.165, 1.54) is 11.8 Å². The van der Waals surface area contributed by atoms with Crippen molar-refractivity contribution >= 4 is 57.5 Å². The van der Waals surface area contributed by atoms with Gasteiger partial charge in [-0.15, -0.1) is 11.3 Å². The number of rotatable bonds is 3. The van der Waals surface area contributed by atoms with Crippen LogP contribution >= 0.6 is 34.7 Å². The first-order chi connectivity index (χ1) is 10.7. The molecule has 1 saturated heterocycles. The molecule has 4 nitrogen and oxygen atoms in total. The summed E-state index contributed by atoms with van der Waals surface area (Å²) in [6.45, 7) is 2.48. The molecule has 0 N–H and O–H groups in total. The van der Waals surface area contributed by atoms with Crippen LogP contribution < -0.4 is 0 Å². The Hall–Kier alpha value is -1.63. The van der Waals surface area contributed by atoms with Crippen LogP contribution in [0.15, 0.2) is 45.7 Å². The smallest absolute Gasteiger partial charge is 0.266 e. The highest BCUT2D eigenvalue weighted by atomic mass is 35.5. The first-order valence-electron chi connectivity index (χ1n) is 6.63. The molecular weight excluding hydrogens is 338 g/mol. The van der Waals surface area contributed by atoms with Gasteiger partial charge in [0.1, 0.15) is 5.69 Å². The fraction of sp³-hybridized carbons (Fsp3) is 0.133. The van der Waals surface area contributed by atoms with Gasteiger partial charge in [-0.2, -0.15) is 0 Å². The Bertz CT molecular complexity index is 756. The Kier molecular flexibility index (Phi) is 4.61. The summed E-state index contributed by atoms with van der Waals surface area (Å²) in [6, 6.07) is 7.49. The normalized spacial score (nSPS) is 18.6. The summed E-state index contributed by atoms with van der Waals surface area (Å²) >= 11 is 9.00. The third-order valence-corrected chi connectivity index (χ3v) is 5.09. The molecule has 0 radical (unpaired) electrons. The van der Waals surface area contributed by atoms with Gasteiger partial charge in [0.2, 0.25) is 0 Å². The number of carbonyl (C=O) groups excluding carboxylic acids is 1. The number of likely N-dealkylation sites (N-methyl/N-ethyl adjacent to an activating group) is 1. The van der Waals surface area contributed by atoms with E-state index in [0.717, 1.165) is 4.88 Å². The van der Waals surface area contributed by atoms with E-state index >= 15 is 0 Å². The van der Waals surface area contributed by atoms with E-state index in [1.807, 2.05) is 30.5 Å². The molecule has 0 bridgehead atoms. The molecule has 7 heteroatoms. The zero-order chi connectivity index (χ0) is 15.5. The number of aromatic nitrogens is 1. The number of nitrogens with zero attached hydrogens (tertiary/aromatic N) is 3. The summed E-state index contributed by atoms with van der Waals surface area (Å²) in [5.41, 5.74) is 0.565. The summed E-state index contributed by atoms with van der Waals surface area (Å²) in [4.78, 5) is 24.3. The van der Waals surface area contributed by atoms with Gasteiger partial charge >= 0.3 is 0 Å². The second kappa shape index (κ2) is 6.64. The summed E-state index contributed by atoms with van der Waals surface area (Å²) in [7, 11) is 0. The van der Waals surface area contributed by atoms with Crippen LogP contribution in [0.1, 0.15) is 11.8 Å². The number of thiophene rings is 1. The maximum Gasteiger partial charge on any atom is 0.266 e. The number of pyridine rings is 1. The second-order valence-electron chi connectivity index (χ2n) is 4.38. The Morgan fingerprint density at radius 2 is 2.27 bits per heavy atom. The lowest BCUT2D eigenvalue weighted by Crippen LogP contribution is -2.28. The van der Waals surface area contributed by atoms with Crippen LogP contribution in [0.4, 0.5) is 5.69 Å². The maximum atomic E-state index is 12.5. The number of amides is 1. The van der Waals surface area contributed by atoms with E-state index in [9.17, 15) is 4.79 Å². The van der Waals surface area contributed by atoms with Crippen LogP contribution in [0.25, 0.3) is 6.08 Å².